The summed E-state index contributed by atoms with van der Waals surface area (Å²) in [5, 5.41) is 0. The van der Waals surface area contributed by atoms with E-state index in [4.69, 9.17) is 10.6 Å². The number of aromatic nitrogens is 1. The van der Waals surface area contributed by atoms with Crippen LogP contribution < -0.4 is 16.2 Å². The lowest BCUT2D eigenvalue weighted by atomic mass is 10.0. The van der Waals surface area contributed by atoms with E-state index in [0.717, 1.165) is 12.1 Å². The molecule has 1 aliphatic heterocycles. The zero-order valence-corrected chi connectivity index (χ0v) is 11.3. The Labute approximate surface area is 114 Å². The summed E-state index contributed by atoms with van der Waals surface area (Å²) in [6, 6.07) is 1.92. The summed E-state index contributed by atoms with van der Waals surface area (Å²) in [5.41, 5.74) is 0.968. The Balaban J connectivity index is 2.45. The maximum absolute atomic E-state index is 12.9. The van der Waals surface area contributed by atoms with Crippen molar-refractivity contribution < 1.29 is 17.9 Å². The molecule has 0 bridgehead atoms. The molecule has 5 nitrogen and oxygen atoms in total. The van der Waals surface area contributed by atoms with Gasteiger partial charge in [-0.2, -0.15) is 13.2 Å². The van der Waals surface area contributed by atoms with E-state index in [1.807, 2.05) is 13.8 Å². The van der Waals surface area contributed by atoms with Crippen LogP contribution in [0.25, 0.3) is 0 Å². The van der Waals surface area contributed by atoms with Gasteiger partial charge in [0.2, 0.25) is 0 Å². The molecule has 20 heavy (non-hydrogen) atoms. The highest BCUT2D eigenvalue weighted by Crippen LogP contribution is 2.34. The van der Waals surface area contributed by atoms with E-state index in [1.54, 1.807) is 4.90 Å². The summed E-state index contributed by atoms with van der Waals surface area (Å²) >= 11 is 0. The standard InChI is InChI=1S/C12H17F3N4O/c1-11(2)7-20-4-3-19(11)10-6-8(12(13,14)15)5-9(17-10)18-16/h5-6H,3-4,7,16H2,1-2H3,(H,17,18). The Morgan fingerprint density at radius 1 is 1.40 bits per heavy atom. The molecule has 0 aromatic carbocycles. The Morgan fingerprint density at radius 3 is 2.65 bits per heavy atom. The van der Waals surface area contributed by atoms with Gasteiger partial charge in [0.1, 0.15) is 11.6 Å². The molecular weight excluding hydrogens is 273 g/mol. The van der Waals surface area contributed by atoms with Crippen molar-refractivity contribution in [2.75, 3.05) is 30.1 Å². The number of pyridine rings is 1. The maximum atomic E-state index is 12.9. The minimum Gasteiger partial charge on any atom is -0.377 e. The number of hydrogen-bond acceptors (Lipinski definition) is 5. The van der Waals surface area contributed by atoms with Crippen LogP contribution in [0.15, 0.2) is 12.1 Å². The van der Waals surface area contributed by atoms with Gasteiger partial charge in [0.05, 0.1) is 24.3 Å². The first kappa shape index (κ1) is 14.9. The number of hydrogen-bond donors (Lipinski definition) is 2. The second kappa shape index (κ2) is 5.10. The largest absolute Gasteiger partial charge is 0.416 e. The number of halogens is 3. The van der Waals surface area contributed by atoms with E-state index >= 15 is 0 Å². The summed E-state index contributed by atoms with van der Waals surface area (Å²) in [5.74, 6) is 5.43. The summed E-state index contributed by atoms with van der Waals surface area (Å²) in [7, 11) is 0. The smallest absolute Gasteiger partial charge is 0.377 e. The first-order chi connectivity index (χ1) is 9.24. The van der Waals surface area contributed by atoms with E-state index < -0.39 is 17.3 Å². The lowest BCUT2D eigenvalue weighted by molar-refractivity contribution is -0.137. The molecule has 1 aliphatic rings. The number of alkyl halides is 3. The van der Waals surface area contributed by atoms with Crippen molar-refractivity contribution in [3.8, 4) is 0 Å². The number of nitrogens with zero attached hydrogens (tertiary/aromatic N) is 2. The van der Waals surface area contributed by atoms with Gasteiger partial charge < -0.3 is 15.1 Å². The molecule has 1 aromatic heterocycles. The van der Waals surface area contributed by atoms with Crippen LogP contribution in [-0.4, -0.2) is 30.3 Å². The van der Waals surface area contributed by atoms with E-state index in [9.17, 15) is 13.2 Å². The van der Waals surface area contributed by atoms with Crippen molar-refractivity contribution in [2.45, 2.75) is 25.6 Å². The summed E-state index contributed by atoms with van der Waals surface area (Å²) < 4.78 is 44.1. The molecule has 0 aliphatic carbocycles. The number of rotatable bonds is 2. The van der Waals surface area contributed by atoms with Crippen LogP contribution >= 0.6 is 0 Å². The van der Waals surface area contributed by atoms with Gasteiger partial charge in [-0.3, -0.25) is 0 Å². The molecule has 1 aromatic rings. The Hall–Kier alpha value is -1.54. The van der Waals surface area contributed by atoms with Gasteiger partial charge in [-0.15, -0.1) is 0 Å². The highest BCUT2D eigenvalue weighted by molar-refractivity contribution is 5.52. The summed E-state index contributed by atoms with van der Waals surface area (Å²) in [6.45, 7) is 5.14. The highest BCUT2D eigenvalue weighted by atomic mass is 19.4. The molecule has 112 valence electrons. The van der Waals surface area contributed by atoms with Gasteiger partial charge in [-0.05, 0) is 26.0 Å². The number of nitrogens with one attached hydrogen (secondary N) is 1. The van der Waals surface area contributed by atoms with E-state index in [0.29, 0.717) is 19.8 Å². The second-order valence-electron chi connectivity index (χ2n) is 5.26. The number of nitrogens with two attached hydrogens (primary N) is 1. The number of hydrazine groups is 1. The molecule has 1 fully saturated rings. The predicted octanol–water partition coefficient (Wildman–Crippen LogP) is 2.00. The molecule has 8 heteroatoms. The number of ether oxygens (including phenoxy) is 1. The summed E-state index contributed by atoms with van der Waals surface area (Å²) in [6.07, 6.45) is -4.44. The fourth-order valence-corrected chi connectivity index (χ4v) is 2.17. The van der Waals surface area contributed by atoms with Crippen LogP contribution in [0.2, 0.25) is 0 Å². The Kier molecular flexibility index (Phi) is 3.79. The summed E-state index contributed by atoms with van der Waals surface area (Å²) in [4.78, 5) is 5.92. The molecule has 0 atom stereocenters. The lowest BCUT2D eigenvalue weighted by Crippen LogP contribution is -2.53. The van der Waals surface area contributed by atoms with Crippen molar-refractivity contribution in [1.82, 2.24) is 4.98 Å². The van der Waals surface area contributed by atoms with Gasteiger partial charge in [-0.25, -0.2) is 10.8 Å². The van der Waals surface area contributed by atoms with E-state index in [-0.39, 0.29) is 11.6 Å². The normalized spacial score (nSPS) is 19.0. The quantitative estimate of drug-likeness (QED) is 0.644. The van der Waals surface area contributed by atoms with Gasteiger partial charge >= 0.3 is 6.18 Å². The van der Waals surface area contributed by atoms with Crippen LogP contribution in [0, 0.1) is 0 Å². The molecule has 3 N–H and O–H groups in total. The van der Waals surface area contributed by atoms with Gasteiger partial charge in [0.25, 0.3) is 0 Å². The molecule has 2 heterocycles. The molecule has 0 saturated carbocycles. The zero-order chi connectivity index (χ0) is 15.0. The van der Waals surface area contributed by atoms with Crippen molar-refractivity contribution in [3.63, 3.8) is 0 Å². The predicted molar refractivity (Wildman–Crippen MR) is 69.3 cm³/mol. The maximum Gasteiger partial charge on any atom is 0.416 e. The molecule has 0 radical (unpaired) electrons. The minimum atomic E-state index is -4.44. The molecular formula is C12H17F3N4O. The van der Waals surface area contributed by atoms with Gasteiger partial charge in [0.15, 0.2) is 0 Å². The SMILES string of the molecule is CC1(C)COCCN1c1cc(C(F)(F)F)cc(NN)n1. The molecule has 2 rings (SSSR count). The third-order valence-corrected chi connectivity index (χ3v) is 3.21. The van der Waals surface area contributed by atoms with Gasteiger partial charge in [0, 0.05) is 6.54 Å². The van der Waals surface area contributed by atoms with E-state index in [2.05, 4.69) is 10.4 Å². The van der Waals surface area contributed by atoms with Crippen LogP contribution in [0.3, 0.4) is 0 Å². The molecule has 0 amide bonds. The number of anilines is 2. The van der Waals surface area contributed by atoms with Crippen molar-refractivity contribution in [1.29, 1.82) is 0 Å². The fraction of sp³-hybridized carbons (Fsp3) is 0.583. The second-order valence-corrected chi connectivity index (χ2v) is 5.26. The van der Waals surface area contributed by atoms with Crippen molar-refractivity contribution in [2.24, 2.45) is 5.84 Å². The van der Waals surface area contributed by atoms with Crippen LogP contribution in [0.5, 0.6) is 0 Å². The average molecular weight is 290 g/mol. The zero-order valence-electron chi connectivity index (χ0n) is 11.3. The average Bonchev–Trinajstić information content (AvgIpc) is 2.36. The third kappa shape index (κ3) is 2.96. The van der Waals surface area contributed by atoms with Crippen molar-refractivity contribution >= 4 is 11.6 Å². The van der Waals surface area contributed by atoms with Crippen LogP contribution in [0.4, 0.5) is 24.8 Å². The molecule has 0 spiro atoms. The Bertz CT molecular complexity index is 490. The number of morpholine rings is 1. The topological polar surface area (TPSA) is 63.4 Å². The van der Waals surface area contributed by atoms with Crippen LogP contribution in [-0.2, 0) is 10.9 Å². The third-order valence-electron chi connectivity index (χ3n) is 3.21. The molecule has 1 saturated heterocycles. The minimum absolute atomic E-state index is 0.0166. The highest BCUT2D eigenvalue weighted by Gasteiger charge is 2.35. The fourth-order valence-electron chi connectivity index (χ4n) is 2.17. The Morgan fingerprint density at radius 2 is 2.10 bits per heavy atom. The van der Waals surface area contributed by atoms with Crippen molar-refractivity contribution in [3.05, 3.63) is 17.7 Å². The molecule has 0 unspecified atom stereocenters. The monoisotopic (exact) mass is 290 g/mol. The first-order valence-electron chi connectivity index (χ1n) is 6.15. The van der Waals surface area contributed by atoms with E-state index in [1.165, 1.54) is 0 Å². The number of nitrogen functional groups attached to an aromatic ring is 1. The van der Waals surface area contributed by atoms with Gasteiger partial charge in [-0.1, -0.05) is 0 Å². The van der Waals surface area contributed by atoms with Crippen LogP contribution in [0.1, 0.15) is 19.4 Å². The first-order valence-corrected chi connectivity index (χ1v) is 6.15. The lowest BCUT2D eigenvalue weighted by Gasteiger charge is -2.43.